The fourth-order valence-corrected chi connectivity index (χ4v) is 2.78. The molecule has 0 bridgehead atoms. The molecule has 0 fully saturated rings. The number of nitrogens with two attached hydrogens (primary N) is 1. The number of thiophene rings is 1. The molecule has 3 rings (SSSR count). The van der Waals surface area contributed by atoms with Gasteiger partial charge in [0, 0.05) is 19.2 Å². The average Bonchev–Trinajstić information content (AvgIpc) is 3.08. The lowest BCUT2D eigenvalue weighted by Gasteiger charge is -2.01. The maximum Gasteiger partial charge on any atom is 0.263 e. The third-order valence-corrected chi connectivity index (χ3v) is 3.89. The minimum absolute atomic E-state index is 0.214. The van der Waals surface area contributed by atoms with E-state index in [0.717, 1.165) is 4.70 Å². The molecule has 0 atom stereocenters. The maximum atomic E-state index is 12.1. The van der Waals surface area contributed by atoms with Crippen molar-refractivity contribution in [3.8, 4) is 0 Å². The van der Waals surface area contributed by atoms with Gasteiger partial charge in [0.2, 0.25) is 6.39 Å². The van der Waals surface area contributed by atoms with Crippen LogP contribution in [0.25, 0.3) is 10.2 Å². The Balaban J connectivity index is 1.71. The molecule has 3 aromatic rings. The van der Waals surface area contributed by atoms with Crippen LogP contribution in [0.1, 0.15) is 15.5 Å². The quantitative estimate of drug-likeness (QED) is 0.748. The van der Waals surface area contributed by atoms with Crippen LogP contribution >= 0.6 is 11.3 Å². The zero-order valence-corrected chi connectivity index (χ0v) is 11.2. The second-order valence-corrected chi connectivity index (χ2v) is 5.10. The molecule has 0 aromatic carbocycles. The van der Waals surface area contributed by atoms with Gasteiger partial charge in [0.15, 0.2) is 5.82 Å². The Morgan fingerprint density at radius 3 is 3.10 bits per heavy atom. The fourth-order valence-electron chi connectivity index (χ4n) is 1.79. The van der Waals surface area contributed by atoms with Crippen LogP contribution in [0.3, 0.4) is 0 Å². The Morgan fingerprint density at radius 2 is 2.35 bits per heavy atom. The predicted octanol–water partition coefficient (Wildman–Crippen LogP) is 1.23. The van der Waals surface area contributed by atoms with E-state index in [0.29, 0.717) is 34.9 Å². The highest BCUT2D eigenvalue weighted by Gasteiger charge is 2.16. The molecule has 0 aliphatic rings. The molecule has 20 heavy (non-hydrogen) atoms. The molecule has 7 nitrogen and oxygen atoms in total. The number of pyridine rings is 1. The van der Waals surface area contributed by atoms with E-state index in [-0.39, 0.29) is 5.91 Å². The monoisotopic (exact) mass is 289 g/mol. The minimum atomic E-state index is -0.214. The summed E-state index contributed by atoms with van der Waals surface area (Å²) in [7, 11) is 0. The minimum Gasteiger partial charge on any atom is -0.396 e. The number of rotatable bonds is 4. The van der Waals surface area contributed by atoms with E-state index in [1.54, 1.807) is 6.20 Å². The van der Waals surface area contributed by atoms with Crippen LogP contribution in [-0.4, -0.2) is 27.6 Å². The summed E-state index contributed by atoms with van der Waals surface area (Å²) in [4.78, 5) is 20.6. The second kappa shape index (κ2) is 5.25. The number of nitrogen functional groups attached to an aromatic ring is 1. The van der Waals surface area contributed by atoms with Gasteiger partial charge in [-0.25, -0.2) is 0 Å². The second-order valence-electron chi connectivity index (χ2n) is 4.05. The van der Waals surface area contributed by atoms with Gasteiger partial charge in [-0.3, -0.25) is 9.78 Å². The van der Waals surface area contributed by atoms with Gasteiger partial charge in [-0.2, -0.15) is 4.98 Å². The third-order valence-electron chi connectivity index (χ3n) is 2.73. The number of aromatic nitrogens is 3. The van der Waals surface area contributed by atoms with Crippen molar-refractivity contribution in [3.05, 3.63) is 35.4 Å². The highest BCUT2D eigenvalue weighted by atomic mass is 32.1. The number of hydrogen-bond donors (Lipinski definition) is 2. The van der Waals surface area contributed by atoms with Crippen LogP contribution in [0, 0.1) is 0 Å². The molecular formula is C12H11N5O2S. The number of fused-ring (bicyclic) bond motifs is 1. The van der Waals surface area contributed by atoms with Crippen molar-refractivity contribution in [1.29, 1.82) is 0 Å². The topological polar surface area (TPSA) is 107 Å². The number of amides is 1. The molecule has 0 aliphatic carbocycles. The molecule has 0 spiro atoms. The van der Waals surface area contributed by atoms with Crippen LogP contribution < -0.4 is 11.1 Å². The largest absolute Gasteiger partial charge is 0.396 e. The normalized spacial score (nSPS) is 10.8. The van der Waals surface area contributed by atoms with Gasteiger partial charge in [0.25, 0.3) is 5.91 Å². The zero-order chi connectivity index (χ0) is 13.9. The molecule has 0 saturated carbocycles. The van der Waals surface area contributed by atoms with E-state index < -0.39 is 0 Å². The fraction of sp³-hybridized carbons (Fsp3) is 0.167. The lowest BCUT2D eigenvalue weighted by atomic mass is 10.3. The molecule has 3 aromatic heterocycles. The molecule has 0 aliphatic heterocycles. The zero-order valence-electron chi connectivity index (χ0n) is 10.4. The number of carbonyl (C=O) groups is 1. The van der Waals surface area contributed by atoms with E-state index >= 15 is 0 Å². The van der Waals surface area contributed by atoms with Crippen LogP contribution in [0.4, 0.5) is 5.69 Å². The lowest BCUT2D eigenvalue weighted by molar-refractivity contribution is 0.0959. The molecule has 0 unspecified atom stereocenters. The van der Waals surface area contributed by atoms with Gasteiger partial charge in [0.1, 0.15) is 10.4 Å². The number of anilines is 1. The van der Waals surface area contributed by atoms with Crippen molar-refractivity contribution < 1.29 is 9.32 Å². The van der Waals surface area contributed by atoms with Crippen molar-refractivity contribution in [2.75, 3.05) is 12.3 Å². The van der Waals surface area contributed by atoms with Crippen molar-refractivity contribution in [3.63, 3.8) is 0 Å². The van der Waals surface area contributed by atoms with Gasteiger partial charge in [-0.05, 0) is 12.1 Å². The molecule has 8 heteroatoms. The summed E-state index contributed by atoms with van der Waals surface area (Å²) in [6.07, 6.45) is 3.42. The highest BCUT2D eigenvalue weighted by Crippen LogP contribution is 2.31. The van der Waals surface area contributed by atoms with Crippen molar-refractivity contribution in [2.45, 2.75) is 6.42 Å². The van der Waals surface area contributed by atoms with Gasteiger partial charge < -0.3 is 15.6 Å². The molecule has 0 radical (unpaired) electrons. The molecular weight excluding hydrogens is 278 g/mol. The number of hydrogen-bond acceptors (Lipinski definition) is 7. The SMILES string of the molecule is Nc1c(C(=O)NCCc2ncon2)sc2cccnc12. The summed E-state index contributed by atoms with van der Waals surface area (Å²) in [6, 6.07) is 3.70. The summed E-state index contributed by atoms with van der Waals surface area (Å²) in [5, 5.41) is 6.45. The van der Waals surface area contributed by atoms with Crippen LogP contribution in [0.2, 0.25) is 0 Å². The summed E-state index contributed by atoms with van der Waals surface area (Å²) in [5.41, 5.74) is 7.04. The smallest absolute Gasteiger partial charge is 0.263 e. The van der Waals surface area contributed by atoms with Crippen LogP contribution in [0.15, 0.2) is 29.2 Å². The molecule has 3 heterocycles. The predicted molar refractivity (Wildman–Crippen MR) is 74.4 cm³/mol. The first-order valence-electron chi connectivity index (χ1n) is 5.92. The Kier molecular flexibility index (Phi) is 3.30. The summed E-state index contributed by atoms with van der Waals surface area (Å²) in [6.45, 7) is 0.416. The molecule has 102 valence electrons. The average molecular weight is 289 g/mol. The van der Waals surface area contributed by atoms with Gasteiger partial charge in [0.05, 0.1) is 10.4 Å². The Hall–Kier alpha value is -2.48. The maximum absolute atomic E-state index is 12.1. The first-order chi connectivity index (χ1) is 9.75. The number of nitrogens with zero attached hydrogens (tertiary/aromatic N) is 3. The van der Waals surface area contributed by atoms with E-state index in [2.05, 4.69) is 25.0 Å². The van der Waals surface area contributed by atoms with Crippen molar-refractivity contribution in [2.24, 2.45) is 0 Å². The van der Waals surface area contributed by atoms with Crippen LogP contribution in [-0.2, 0) is 6.42 Å². The van der Waals surface area contributed by atoms with Crippen molar-refractivity contribution >= 4 is 33.1 Å². The third kappa shape index (κ3) is 2.32. The first kappa shape index (κ1) is 12.5. The highest BCUT2D eigenvalue weighted by molar-refractivity contribution is 7.21. The van der Waals surface area contributed by atoms with E-state index in [4.69, 9.17) is 5.73 Å². The van der Waals surface area contributed by atoms with Crippen molar-refractivity contribution in [1.82, 2.24) is 20.4 Å². The molecule has 1 amide bonds. The van der Waals surface area contributed by atoms with E-state index in [1.165, 1.54) is 17.7 Å². The Morgan fingerprint density at radius 1 is 1.45 bits per heavy atom. The number of carbonyl (C=O) groups excluding carboxylic acids is 1. The Bertz CT molecular complexity index is 737. The molecule has 3 N–H and O–H groups in total. The Labute approximate surface area is 117 Å². The standard InChI is InChI=1S/C12H11N5O2S/c13-9-10-7(2-1-4-14-10)20-11(9)12(18)15-5-3-8-16-6-19-17-8/h1-2,4,6H,3,5,13H2,(H,15,18). The summed E-state index contributed by atoms with van der Waals surface area (Å²) < 4.78 is 5.51. The van der Waals surface area contributed by atoms with Gasteiger partial charge in [-0.1, -0.05) is 5.16 Å². The lowest BCUT2D eigenvalue weighted by Crippen LogP contribution is -2.25. The number of nitrogens with one attached hydrogen (secondary N) is 1. The van der Waals surface area contributed by atoms with Crippen LogP contribution in [0.5, 0.6) is 0 Å². The molecule has 0 saturated heterocycles. The van der Waals surface area contributed by atoms with Gasteiger partial charge in [-0.15, -0.1) is 11.3 Å². The van der Waals surface area contributed by atoms with E-state index in [1.807, 2.05) is 12.1 Å². The summed E-state index contributed by atoms with van der Waals surface area (Å²) >= 11 is 1.33. The van der Waals surface area contributed by atoms with E-state index in [9.17, 15) is 4.79 Å². The summed E-state index contributed by atoms with van der Waals surface area (Å²) in [5.74, 6) is 0.338. The van der Waals surface area contributed by atoms with Gasteiger partial charge >= 0.3 is 0 Å². The first-order valence-corrected chi connectivity index (χ1v) is 6.74.